The highest BCUT2D eigenvalue weighted by Crippen LogP contribution is 2.19. The van der Waals surface area contributed by atoms with Gasteiger partial charge < -0.3 is 15.1 Å². The summed E-state index contributed by atoms with van der Waals surface area (Å²) in [4.78, 5) is 23.9. The SMILES string of the molecule is CCCNC(=O)c1ccc(N2CCN(C3CCCN(C)C3)CC2)nc1. The second-order valence-corrected chi connectivity index (χ2v) is 7.24. The molecular weight excluding hydrogens is 314 g/mol. The Kier molecular flexibility index (Phi) is 6.26. The Hall–Kier alpha value is -1.66. The molecule has 0 spiro atoms. The van der Waals surface area contributed by atoms with E-state index in [1.54, 1.807) is 6.20 Å². The monoisotopic (exact) mass is 345 g/mol. The number of anilines is 1. The fourth-order valence-corrected chi connectivity index (χ4v) is 3.80. The Bertz CT molecular complexity index is 553. The summed E-state index contributed by atoms with van der Waals surface area (Å²) in [6, 6.07) is 4.57. The molecule has 1 N–H and O–H groups in total. The molecule has 1 aromatic rings. The topological polar surface area (TPSA) is 51.7 Å². The summed E-state index contributed by atoms with van der Waals surface area (Å²) in [7, 11) is 2.23. The van der Waals surface area contributed by atoms with Gasteiger partial charge in [-0.25, -0.2) is 4.98 Å². The van der Waals surface area contributed by atoms with Crippen LogP contribution in [0.25, 0.3) is 0 Å². The molecule has 2 aliphatic rings. The van der Waals surface area contributed by atoms with Crippen molar-refractivity contribution in [2.75, 3.05) is 57.8 Å². The number of carbonyl (C=O) groups excluding carboxylic acids is 1. The zero-order chi connectivity index (χ0) is 17.6. The van der Waals surface area contributed by atoms with E-state index in [2.05, 4.69) is 32.0 Å². The minimum absolute atomic E-state index is 0.0351. The van der Waals surface area contributed by atoms with Gasteiger partial charge in [-0.15, -0.1) is 0 Å². The molecule has 3 heterocycles. The lowest BCUT2D eigenvalue weighted by Gasteiger charge is -2.43. The number of likely N-dealkylation sites (tertiary alicyclic amines) is 1. The summed E-state index contributed by atoms with van der Waals surface area (Å²) in [5.74, 6) is 0.944. The van der Waals surface area contributed by atoms with Crippen LogP contribution in [0.2, 0.25) is 0 Å². The van der Waals surface area contributed by atoms with Crippen LogP contribution >= 0.6 is 0 Å². The van der Waals surface area contributed by atoms with Gasteiger partial charge in [-0.2, -0.15) is 0 Å². The Morgan fingerprint density at radius 1 is 1.24 bits per heavy atom. The highest BCUT2D eigenvalue weighted by Gasteiger charge is 2.27. The van der Waals surface area contributed by atoms with E-state index in [0.29, 0.717) is 18.2 Å². The molecule has 0 saturated carbocycles. The van der Waals surface area contributed by atoms with Gasteiger partial charge in [0.15, 0.2) is 0 Å². The van der Waals surface area contributed by atoms with Gasteiger partial charge in [-0.3, -0.25) is 9.69 Å². The van der Waals surface area contributed by atoms with Crippen molar-refractivity contribution in [1.29, 1.82) is 0 Å². The van der Waals surface area contributed by atoms with E-state index in [0.717, 1.165) is 38.4 Å². The molecule has 6 nitrogen and oxygen atoms in total. The van der Waals surface area contributed by atoms with Gasteiger partial charge in [0.2, 0.25) is 0 Å². The number of aromatic nitrogens is 1. The first-order chi connectivity index (χ1) is 12.2. The number of rotatable bonds is 5. The summed E-state index contributed by atoms with van der Waals surface area (Å²) in [5.41, 5.74) is 0.640. The van der Waals surface area contributed by atoms with Crippen LogP contribution in [-0.2, 0) is 0 Å². The van der Waals surface area contributed by atoms with Crippen molar-refractivity contribution in [3.8, 4) is 0 Å². The van der Waals surface area contributed by atoms with Crippen molar-refractivity contribution in [3.63, 3.8) is 0 Å². The standard InChI is InChI=1S/C19H31N5O/c1-3-8-20-19(25)16-6-7-18(21-14-16)24-12-10-23(11-13-24)17-5-4-9-22(2)15-17/h6-7,14,17H,3-5,8-13,15H2,1-2H3,(H,20,25). The van der Waals surface area contributed by atoms with Gasteiger partial charge in [-0.05, 0) is 45.0 Å². The molecule has 0 aromatic carbocycles. The van der Waals surface area contributed by atoms with E-state index in [-0.39, 0.29) is 5.91 Å². The summed E-state index contributed by atoms with van der Waals surface area (Å²) in [5, 5.41) is 2.89. The highest BCUT2D eigenvalue weighted by molar-refractivity contribution is 5.94. The lowest BCUT2D eigenvalue weighted by Crippen LogP contribution is -2.54. The lowest BCUT2D eigenvalue weighted by atomic mass is 10.0. The maximum atomic E-state index is 12.0. The minimum Gasteiger partial charge on any atom is -0.354 e. The number of hydrogen-bond acceptors (Lipinski definition) is 5. The predicted octanol–water partition coefficient (Wildman–Crippen LogP) is 1.44. The van der Waals surface area contributed by atoms with E-state index in [4.69, 9.17) is 0 Å². The number of pyridine rings is 1. The van der Waals surface area contributed by atoms with E-state index in [1.807, 2.05) is 19.1 Å². The van der Waals surface area contributed by atoms with Crippen LogP contribution in [0.3, 0.4) is 0 Å². The summed E-state index contributed by atoms with van der Waals surface area (Å²) in [6.07, 6.45) is 5.27. The number of carbonyl (C=O) groups is 1. The maximum Gasteiger partial charge on any atom is 0.252 e. The average Bonchev–Trinajstić information content (AvgIpc) is 2.66. The average molecular weight is 345 g/mol. The van der Waals surface area contributed by atoms with Crippen molar-refractivity contribution in [2.45, 2.75) is 32.2 Å². The molecule has 1 unspecified atom stereocenters. The minimum atomic E-state index is -0.0351. The smallest absolute Gasteiger partial charge is 0.252 e. The molecule has 1 atom stereocenters. The van der Waals surface area contributed by atoms with Gasteiger partial charge in [0, 0.05) is 51.5 Å². The van der Waals surface area contributed by atoms with E-state index in [9.17, 15) is 4.79 Å². The van der Waals surface area contributed by atoms with Gasteiger partial charge in [0.05, 0.1) is 5.56 Å². The number of nitrogens with zero attached hydrogens (tertiary/aromatic N) is 4. The molecule has 0 aliphatic carbocycles. The van der Waals surface area contributed by atoms with Gasteiger partial charge in [0.25, 0.3) is 5.91 Å². The van der Waals surface area contributed by atoms with E-state index in [1.165, 1.54) is 25.9 Å². The molecule has 3 rings (SSSR count). The van der Waals surface area contributed by atoms with Gasteiger partial charge >= 0.3 is 0 Å². The molecule has 0 radical (unpaired) electrons. The Labute approximate surface area is 151 Å². The molecule has 1 aromatic heterocycles. The number of piperazine rings is 1. The van der Waals surface area contributed by atoms with E-state index < -0.39 is 0 Å². The lowest BCUT2D eigenvalue weighted by molar-refractivity contribution is 0.0953. The molecule has 2 saturated heterocycles. The van der Waals surface area contributed by atoms with Crippen LogP contribution in [0.4, 0.5) is 5.82 Å². The zero-order valence-electron chi connectivity index (χ0n) is 15.6. The number of hydrogen-bond donors (Lipinski definition) is 1. The van der Waals surface area contributed by atoms with Crippen LogP contribution in [-0.4, -0.2) is 79.6 Å². The molecule has 2 fully saturated rings. The van der Waals surface area contributed by atoms with Crippen molar-refractivity contribution in [2.24, 2.45) is 0 Å². The second kappa shape index (κ2) is 8.63. The quantitative estimate of drug-likeness (QED) is 0.875. The van der Waals surface area contributed by atoms with Gasteiger partial charge in [0.1, 0.15) is 5.82 Å². The molecule has 138 valence electrons. The van der Waals surface area contributed by atoms with Crippen molar-refractivity contribution in [1.82, 2.24) is 20.1 Å². The van der Waals surface area contributed by atoms with Crippen molar-refractivity contribution in [3.05, 3.63) is 23.9 Å². The number of likely N-dealkylation sites (N-methyl/N-ethyl adjacent to an activating group) is 1. The first-order valence-electron chi connectivity index (χ1n) is 9.59. The molecule has 2 aliphatic heterocycles. The Balaban J connectivity index is 1.51. The van der Waals surface area contributed by atoms with Crippen LogP contribution in [0, 0.1) is 0 Å². The largest absolute Gasteiger partial charge is 0.354 e. The molecule has 6 heteroatoms. The molecule has 1 amide bonds. The first-order valence-corrected chi connectivity index (χ1v) is 9.59. The van der Waals surface area contributed by atoms with Crippen molar-refractivity contribution >= 4 is 11.7 Å². The van der Waals surface area contributed by atoms with E-state index >= 15 is 0 Å². The zero-order valence-corrected chi connectivity index (χ0v) is 15.6. The van der Waals surface area contributed by atoms with Crippen LogP contribution < -0.4 is 10.2 Å². The third-order valence-electron chi connectivity index (χ3n) is 5.30. The normalized spacial score (nSPS) is 22.8. The fraction of sp³-hybridized carbons (Fsp3) is 0.684. The van der Waals surface area contributed by atoms with Crippen LogP contribution in [0.5, 0.6) is 0 Å². The third-order valence-corrected chi connectivity index (χ3v) is 5.30. The van der Waals surface area contributed by atoms with Crippen LogP contribution in [0.15, 0.2) is 18.3 Å². The van der Waals surface area contributed by atoms with Crippen LogP contribution in [0.1, 0.15) is 36.5 Å². The number of nitrogens with one attached hydrogen (secondary N) is 1. The van der Waals surface area contributed by atoms with Gasteiger partial charge in [-0.1, -0.05) is 6.92 Å². The summed E-state index contributed by atoms with van der Waals surface area (Å²) in [6.45, 7) is 9.39. The Morgan fingerprint density at radius 2 is 2.04 bits per heavy atom. The molecule has 25 heavy (non-hydrogen) atoms. The fourth-order valence-electron chi connectivity index (χ4n) is 3.80. The number of piperidine rings is 1. The first kappa shape index (κ1) is 18.1. The predicted molar refractivity (Wildman–Crippen MR) is 101 cm³/mol. The summed E-state index contributed by atoms with van der Waals surface area (Å²) < 4.78 is 0. The molecule has 0 bridgehead atoms. The maximum absolute atomic E-state index is 12.0. The third kappa shape index (κ3) is 4.70. The summed E-state index contributed by atoms with van der Waals surface area (Å²) >= 11 is 0. The number of amides is 1. The molecular formula is C19H31N5O. The highest BCUT2D eigenvalue weighted by atomic mass is 16.1. The second-order valence-electron chi connectivity index (χ2n) is 7.24. The van der Waals surface area contributed by atoms with Crippen molar-refractivity contribution < 1.29 is 4.79 Å². The Morgan fingerprint density at radius 3 is 2.68 bits per heavy atom.